The Kier molecular flexibility index (Phi) is 4.70. The first-order valence-electron chi connectivity index (χ1n) is 7.79. The molecule has 0 radical (unpaired) electrons. The predicted molar refractivity (Wildman–Crippen MR) is 89.6 cm³/mol. The fourth-order valence-corrected chi connectivity index (χ4v) is 4.86. The van der Waals surface area contributed by atoms with Crippen LogP contribution in [-0.4, -0.2) is 42.4 Å². The van der Waals surface area contributed by atoms with Crippen molar-refractivity contribution in [1.29, 1.82) is 0 Å². The van der Waals surface area contributed by atoms with Crippen LogP contribution in [0.5, 0.6) is 0 Å². The SMILES string of the molecule is Nc1nc(N2CCC(CS(=O)(=O)Cc3cccc(F)c3)CC2)n[nH]1. The van der Waals surface area contributed by atoms with Gasteiger partial charge in [0.2, 0.25) is 11.9 Å². The Morgan fingerprint density at radius 1 is 1.33 bits per heavy atom. The average molecular weight is 353 g/mol. The van der Waals surface area contributed by atoms with Crippen molar-refractivity contribution in [2.45, 2.75) is 18.6 Å². The van der Waals surface area contributed by atoms with Gasteiger partial charge in [0, 0.05) is 13.1 Å². The van der Waals surface area contributed by atoms with Crippen LogP contribution in [0.25, 0.3) is 0 Å². The van der Waals surface area contributed by atoms with E-state index >= 15 is 0 Å². The molecular weight excluding hydrogens is 333 g/mol. The first-order valence-corrected chi connectivity index (χ1v) is 9.61. The number of sulfone groups is 1. The molecular formula is C15H20FN5O2S. The van der Waals surface area contributed by atoms with E-state index < -0.39 is 15.7 Å². The topological polar surface area (TPSA) is 105 Å². The summed E-state index contributed by atoms with van der Waals surface area (Å²) in [6.07, 6.45) is 1.49. The van der Waals surface area contributed by atoms with E-state index in [2.05, 4.69) is 15.2 Å². The number of anilines is 2. The third-order valence-electron chi connectivity index (χ3n) is 4.15. The molecule has 1 aliphatic heterocycles. The van der Waals surface area contributed by atoms with E-state index in [1.54, 1.807) is 6.07 Å². The van der Waals surface area contributed by atoms with Gasteiger partial charge in [-0.1, -0.05) is 12.1 Å². The number of nitrogen functional groups attached to an aromatic ring is 1. The van der Waals surface area contributed by atoms with E-state index in [1.165, 1.54) is 18.2 Å². The van der Waals surface area contributed by atoms with Gasteiger partial charge in [0.05, 0.1) is 11.5 Å². The van der Waals surface area contributed by atoms with Crippen LogP contribution in [-0.2, 0) is 15.6 Å². The molecule has 24 heavy (non-hydrogen) atoms. The van der Waals surface area contributed by atoms with Crippen LogP contribution in [0.3, 0.4) is 0 Å². The Labute approximate surface area is 140 Å². The van der Waals surface area contributed by atoms with E-state index in [0.29, 0.717) is 24.6 Å². The second-order valence-electron chi connectivity index (χ2n) is 6.14. The van der Waals surface area contributed by atoms with Crippen molar-refractivity contribution >= 4 is 21.7 Å². The minimum atomic E-state index is -3.27. The van der Waals surface area contributed by atoms with Gasteiger partial charge in [0.25, 0.3) is 0 Å². The van der Waals surface area contributed by atoms with Gasteiger partial charge in [-0.3, -0.25) is 0 Å². The van der Waals surface area contributed by atoms with Crippen molar-refractivity contribution in [3.8, 4) is 0 Å². The Bertz CT molecular complexity index is 800. The number of H-pyrrole nitrogens is 1. The van der Waals surface area contributed by atoms with Crippen molar-refractivity contribution in [3.63, 3.8) is 0 Å². The van der Waals surface area contributed by atoms with Crippen LogP contribution in [0.2, 0.25) is 0 Å². The fourth-order valence-electron chi connectivity index (χ4n) is 3.00. The predicted octanol–water partition coefficient (Wildman–Crippen LogP) is 1.36. The van der Waals surface area contributed by atoms with E-state index in [0.717, 1.165) is 12.8 Å². The zero-order chi connectivity index (χ0) is 17.2. The van der Waals surface area contributed by atoms with Crippen molar-refractivity contribution in [3.05, 3.63) is 35.6 Å². The number of benzene rings is 1. The molecule has 130 valence electrons. The molecule has 0 amide bonds. The molecule has 1 aliphatic rings. The molecule has 7 nitrogen and oxygen atoms in total. The molecule has 0 spiro atoms. The second-order valence-corrected chi connectivity index (χ2v) is 8.24. The van der Waals surface area contributed by atoms with Crippen molar-refractivity contribution in [2.75, 3.05) is 29.5 Å². The Balaban J connectivity index is 1.55. The maximum absolute atomic E-state index is 13.2. The summed E-state index contributed by atoms with van der Waals surface area (Å²) in [6.45, 7) is 1.38. The van der Waals surface area contributed by atoms with E-state index in [1.807, 2.05) is 4.90 Å². The Hall–Kier alpha value is -2.16. The molecule has 9 heteroatoms. The van der Waals surface area contributed by atoms with E-state index in [9.17, 15) is 12.8 Å². The minimum Gasteiger partial charge on any atom is -0.368 e. The van der Waals surface area contributed by atoms with Gasteiger partial charge in [-0.05, 0) is 36.5 Å². The zero-order valence-electron chi connectivity index (χ0n) is 13.2. The summed E-state index contributed by atoms with van der Waals surface area (Å²) in [5.41, 5.74) is 6.01. The summed E-state index contributed by atoms with van der Waals surface area (Å²) in [5.74, 6) is 0.492. The number of hydrogen-bond acceptors (Lipinski definition) is 6. The van der Waals surface area contributed by atoms with Crippen molar-refractivity contribution in [1.82, 2.24) is 15.2 Å². The maximum atomic E-state index is 13.2. The third-order valence-corrected chi connectivity index (χ3v) is 5.91. The Morgan fingerprint density at radius 3 is 2.71 bits per heavy atom. The van der Waals surface area contributed by atoms with Gasteiger partial charge < -0.3 is 10.6 Å². The first kappa shape index (κ1) is 16.7. The van der Waals surface area contributed by atoms with Crippen LogP contribution >= 0.6 is 0 Å². The fraction of sp³-hybridized carbons (Fsp3) is 0.467. The number of halogens is 1. The normalized spacial score (nSPS) is 16.5. The number of nitrogens with one attached hydrogen (secondary N) is 1. The number of piperidine rings is 1. The molecule has 0 unspecified atom stereocenters. The molecule has 3 N–H and O–H groups in total. The molecule has 0 atom stereocenters. The highest BCUT2D eigenvalue weighted by Gasteiger charge is 2.26. The third kappa shape index (κ3) is 4.22. The summed E-state index contributed by atoms with van der Waals surface area (Å²) in [4.78, 5) is 6.07. The van der Waals surface area contributed by atoms with Crippen LogP contribution in [0.1, 0.15) is 18.4 Å². The van der Waals surface area contributed by atoms with Crippen molar-refractivity contribution in [2.24, 2.45) is 5.92 Å². The molecule has 2 aromatic rings. The number of aromatic amines is 1. The highest BCUT2D eigenvalue weighted by atomic mass is 32.2. The molecule has 1 aromatic heterocycles. The molecule has 1 aromatic carbocycles. The van der Waals surface area contributed by atoms with Gasteiger partial charge in [-0.2, -0.15) is 4.98 Å². The first-order chi connectivity index (χ1) is 11.4. The minimum absolute atomic E-state index is 0.0936. The molecule has 3 rings (SSSR count). The highest BCUT2D eigenvalue weighted by molar-refractivity contribution is 7.90. The maximum Gasteiger partial charge on any atom is 0.246 e. The highest BCUT2D eigenvalue weighted by Crippen LogP contribution is 2.23. The van der Waals surface area contributed by atoms with Gasteiger partial charge in [-0.25, -0.2) is 17.9 Å². The standard InChI is InChI=1S/C15H20FN5O2S/c16-13-3-1-2-12(8-13)10-24(22,23)9-11-4-6-21(7-5-11)15-18-14(17)19-20-15/h1-3,8,11H,4-7,9-10H2,(H3,17,18,19,20). The Morgan fingerprint density at radius 2 is 2.08 bits per heavy atom. The molecule has 0 saturated carbocycles. The molecule has 0 bridgehead atoms. The lowest BCUT2D eigenvalue weighted by Crippen LogP contribution is -2.36. The molecule has 1 fully saturated rings. The van der Waals surface area contributed by atoms with Crippen LogP contribution < -0.4 is 10.6 Å². The lowest BCUT2D eigenvalue weighted by atomic mass is 9.99. The van der Waals surface area contributed by atoms with Gasteiger partial charge in [0.15, 0.2) is 9.84 Å². The lowest BCUT2D eigenvalue weighted by Gasteiger charge is -2.30. The lowest BCUT2D eigenvalue weighted by molar-refractivity contribution is 0.432. The number of nitrogens with zero attached hydrogens (tertiary/aromatic N) is 3. The monoisotopic (exact) mass is 353 g/mol. The van der Waals surface area contributed by atoms with Gasteiger partial charge in [-0.15, -0.1) is 5.10 Å². The second kappa shape index (κ2) is 6.76. The number of hydrogen-bond donors (Lipinski definition) is 2. The van der Waals surface area contributed by atoms with Crippen LogP contribution in [0.15, 0.2) is 24.3 Å². The summed E-state index contributed by atoms with van der Waals surface area (Å²) in [7, 11) is -3.27. The molecule has 2 heterocycles. The molecule has 0 aliphatic carbocycles. The summed E-state index contributed by atoms with van der Waals surface area (Å²) < 4.78 is 37.9. The summed E-state index contributed by atoms with van der Waals surface area (Å²) in [5, 5.41) is 6.61. The van der Waals surface area contributed by atoms with Crippen LogP contribution in [0, 0.1) is 11.7 Å². The van der Waals surface area contributed by atoms with E-state index in [4.69, 9.17) is 5.73 Å². The smallest absolute Gasteiger partial charge is 0.246 e. The van der Waals surface area contributed by atoms with Crippen molar-refractivity contribution < 1.29 is 12.8 Å². The van der Waals surface area contributed by atoms with Crippen LogP contribution in [0.4, 0.5) is 16.3 Å². The zero-order valence-corrected chi connectivity index (χ0v) is 14.0. The number of aromatic nitrogens is 3. The molecule has 1 saturated heterocycles. The number of nitrogens with two attached hydrogens (primary N) is 1. The van der Waals surface area contributed by atoms with Gasteiger partial charge in [0.1, 0.15) is 5.82 Å². The summed E-state index contributed by atoms with van der Waals surface area (Å²) >= 11 is 0. The number of rotatable bonds is 5. The largest absolute Gasteiger partial charge is 0.368 e. The summed E-state index contributed by atoms with van der Waals surface area (Å²) in [6, 6.07) is 5.74. The quantitative estimate of drug-likeness (QED) is 0.841. The van der Waals surface area contributed by atoms with E-state index in [-0.39, 0.29) is 23.4 Å². The van der Waals surface area contributed by atoms with Gasteiger partial charge >= 0.3 is 0 Å². The average Bonchev–Trinajstić information content (AvgIpc) is 2.93.